The average Bonchev–Trinajstić information content (AvgIpc) is 2.95. The second-order valence-electron chi connectivity index (χ2n) is 9.32. The Kier molecular flexibility index (Phi) is 5.10. The van der Waals surface area contributed by atoms with Crippen molar-refractivity contribution in [1.82, 2.24) is 4.98 Å². The van der Waals surface area contributed by atoms with E-state index in [4.69, 9.17) is 18.9 Å². The summed E-state index contributed by atoms with van der Waals surface area (Å²) < 4.78 is 22.7. The van der Waals surface area contributed by atoms with Gasteiger partial charge >= 0.3 is 0 Å². The number of anilines is 2. The van der Waals surface area contributed by atoms with E-state index in [0.717, 1.165) is 10.9 Å². The Morgan fingerprint density at radius 2 is 1.53 bits per heavy atom. The van der Waals surface area contributed by atoms with E-state index < -0.39 is 5.54 Å². The average molecular weight is 510 g/mol. The summed E-state index contributed by atoms with van der Waals surface area (Å²) in [6.07, 6.45) is 1.73. The molecule has 1 aromatic heterocycles. The van der Waals surface area contributed by atoms with Crippen LogP contribution in [-0.4, -0.2) is 43.2 Å². The van der Waals surface area contributed by atoms with Gasteiger partial charge in [0.25, 0.3) is 5.91 Å². The number of aromatic nitrogens is 1. The Balaban J connectivity index is 1.32. The molecule has 3 aliphatic heterocycles. The maximum absolute atomic E-state index is 14.2. The summed E-state index contributed by atoms with van der Waals surface area (Å²) in [7, 11) is 0. The molecule has 2 amide bonds. The number of ether oxygens (including phenoxy) is 4. The summed E-state index contributed by atoms with van der Waals surface area (Å²) in [5.74, 6) is 1.82. The minimum Gasteiger partial charge on any atom is -0.486 e. The predicted octanol–water partition coefficient (Wildman–Crippen LogP) is 4.05. The fourth-order valence-corrected chi connectivity index (χ4v) is 5.27. The largest absolute Gasteiger partial charge is 0.486 e. The molecule has 4 heterocycles. The number of pyridine rings is 1. The molecule has 1 unspecified atom stereocenters. The Morgan fingerprint density at radius 3 is 2.29 bits per heavy atom. The minimum atomic E-state index is -1.29. The lowest BCUT2D eigenvalue weighted by atomic mass is 9.75. The van der Waals surface area contributed by atoms with Crippen LogP contribution in [0.5, 0.6) is 23.0 Å². The highest BCUT2D eigenvalue weighted by atomic mass is 16.6. The van der Waals surface area contributed by atoms with E-state index in [-0.39, 0.29) is 18.2 Å². The van der Waals surface area contributed by atoms with Crippen LogP contribution in [0.3, 0.4) is 0 Å². The van der Waals surface area contributed by atoms with E-state index in [9.17, 15) is 9.59 Å². The van der Waals surface area contributed by atoms with E-state index in [1.54, 1.807) is 42.6 Å². The normalized spacial score (nSPS) is 19.6. The van der Waals surface area contributed by atoms with Crippen molar-refractivity contribution in [2.24, 2.45) is 0 Å². The molecule has 4 aromatic rings. The number of nitrogens with zero attached hydrogens (tertiary/aromatic N) is 2. The van der Waals surface area contributed by atoms with Crippen LogP contribution in [0.4, 0.5) is 11.4 Å². The number of carbonyl (C=O) groups excluding carboxylic acids is 2. The van der Waals surface area contributed by atoms with Crippen LogP contribution in [0.25, 0.3) is 10.9 Å². The van der Waals surface area contributed by atoms with Gasteiger partial charge < -0.3 is 24.3 Å². The third-order valence-corrected chi connectivity index (χ3v) is 7.08. The third-order valence-electron chi connectivity index (χ3n) is 7.08. The van der Waals surface area contributed by atoms with Crippen LogP contribution in [0.1, 0.15) is 12.0 Å². The number of β-lactam (4-membered cyclic amide) rings is 1. The molecule has 1 N–H and O–H groups in total. The van der Waals surface area contributed by atoms with Crippen molar-refractivity contribution >= 4 is 34.1 Å². The van der Waals surface area contributed by atoms with Crippen LogP contribution < -0.4 is 29.2 Å². The monoisotopic (exact) mass is 509 g/mol. The van der Waals surface area contributed by atoms with Gasteiger partial charge in [0.2, 0.25) is 5.91 Å². The molecule has 1 fully saturated rings. The number of carbonyl (C=O) groups is 2. The molecule has 190 valence electrons. The van der Waals surface area contributed by atoms with E-state index in [2.05, 4.69) is 10.3 Å². The molecule has 3 aliphatic rings. The summed E-state index contributed by atoms with van der Waals surface area (Å²) in [4.78, 5) is 33.4. The molecular weight excluding hydrogens is 486 g/mol. The molecule has 38 heavy (non-hydrogen) atoms. The van der Waals surface area contributed by atoms with Crippen LogP contribution in [-0.2, 0) is 15.1 Å². The lowest BCUT2D eigenvalue weighted by molar-refractivity contribution is -0.137. The third kappa shape index (κ3) is 3.50. The van der Waals surface area contributed by atoms with Gasteiger partial charge in [-0.25, -0.2) is 0 Å². The van der Waals surface area contributed by atoms with E-state index in [1.807, 2.05) is 30.3 Å². The Morgan fingerprint density at radius 1 is 0.816 bits per heavy atom. The Bertz CT molecular complexity index is 1600. The van der Waals surface area contributed by atoms with Crippen LogP contribution in [0, 0.1) is 0 Å². The zero-order chi connectivity index (χ0) is 25.7. The molecule has 1 atom stereocenters. The zero-order valence-corrected chi connectivity index (χ0v) is 20.3. The summed E-state index contributed by atoms with van der Waals surface area (Å²) in [6.45, 7) is 1.79. The van der Waals surface area contributed by atoms with Crippen molar-refractivity contribution in [2.45, 2.75) is 12.0 Å². The highest BCUT2D eigenvalue weighted by molar-refractivity contribution is 6.17. The quantitative estimate of drug-likeness (QED) is 0.415. The number of benzene rings is 3. The van der Waals surface area contributed by atoms with E-state index in [1.165, 1.54) is 4.90 Å². The second kappa shape index (κ2) is 8.65. The maximum Gasteiger partial charge on any atom is 0.255 e. The molecule has 9 nitrogen and oxygen atoms in total. The van der Waals surface area contributed by atoms with Crippen molar-refractivity contribution in [3.63, 3.8) is 0 Å². The topological polar surface area (TPSA) is 99.2 Å². The van der Waals surface area contributed by atoms with Crippen molar-refractivity contribution in [3.8, 4) is 23.0 Å². The fraction of sp³-hybridized carbons (Fsp3) is 0.207. The molecule has 9 heteroatoms. The van der Waals surface area contributed by atoms with E-state index in [0.29, 0.717) is 66.4 Å². The summed E-state index contributed by atoms with van der Waals surface area (Å²) in [5.41, 5.74) is 1.28. The molecule has 0 saturated carbocycles. The standard InChI is InChI=1S/C29H23N3O6/c33-27-17-29(19-3-6-22-18(14-19)2-1-9-30-22,32(27)21-5-8-24-26(16-21)38-13-11-36-24)28(34)31-20-4-7-23-25(15-20)37-12-10-35-23/h1-9,14-16H,10-13,17H2,(H,31,34). The number of hydrogen-bond donors (Lipinski definition) is 1. The summed E-state index contributed by atoms with van der Waals surface area (Å²) in [6, 6.07) is 20.0. The molecule has 0 radical (unpaired) electrons. The highest BCUT2D eigenvalue weighted by Gasteiger charge is 2.58. The second-order valence-corrected chi connectivity index (χ2v) is 9.32. The molecule has 3 aromatic carbocycles. The van der Waals surface area contributed by atoms with Crippen LogP contribution >= 0.6 is 0 Å². The number of rotatable bonds is 4. The molecule has 0 bridgehead atoms. The maximum atomic E-state index is 14.2. The fourth-order valence-electron chi connectivity index (χ4n) is 5.27. The first kappa shape index (κ1) is 22.4. The molecule has 0 spiro atoms. The number of fused-ring (bicyclic) bond motifs is 3. The van der Waals surface area contributed by atoms with Crippen molar-refractivity contribution in [2.75, 3.05) is 36.6 Å². The van der Waals surface area contributed by atoms with Crippen molar-refractivity contribution < 1.29 is 28.5 Å². The van der Waals surface area contributed by atoms with Gasteiger partial charge in [-0.15, -0.1) is 0 Å². The van der Waals surface area contributed by atoms with E-state index >= 15 is 0 Å². The smallest absolute Gasteiger partial charge is 0.255 e. The SMILES string of the molecule is O=C1CC(C(=O)Nc2ccc3c(c2)OCCO3)(c2ccc3ncccc3c2)N1c1ccc2c(c1)OCCO2. The Hall–Kier alpha value is -4.79. The van der Waals surface area contributed by atoms with Crippen molar-refractivity contribution in [3.05, 3.63) is 78.5 Å². The molecule has 7 rings (SSSR count). The number of nitrogens with one attached hydrogen (secondary N) is 1. The van der Waals surface area contributed by atoms with Crippen LogP contribution in [0.15, 0.2) is 72.9 Å². The van der Waals surface area contributed by atoms with Gasteiger partial charge in [0.05, 0.1) is 11.9 Å². The van der Waals surface area contributed by atoms with Gasteiger partial charge in [-0.3, -0.25) is 19.5 Å². The first-order valence-electron chi connectivity index (χ1n) is 12.4. The zero-order valence-electron chi connectivity index (χ0n) is 20.3. The minimum absolute atomic E-state index is 0.00357. The number of amides is 2. The molecule has 0 aliphatic carbocycles. The van der Waals surface area contributed by atoms with Gasteiger partial charge in [0.15, 0.2) is 28.5 Å². The van der Waals surface area contributed by atoms with Gasteiger partial charge in [-0.05, 0) is 48.0 Å². The lowest BCUT2D eigenvalue weighted by Crippen LogP contribution is -2.67. The van der Waals surface area contributed by atoms with Gasteiger partial charge in [-0.2, -0.15) is 0 Å². The first-order valence-corrected chi connectivity index (χ1v) is 12.4. The van der Waals surface area contributed by atoms with Gasteiger partial charge in [0, 0.05) is 35.1 Å². The van der Waals surface area contributed by atoms with Gasteiger partial charge in [-0.1, -0.05) is 12.1 Å². The van der Waals surface area contributed by atoms with Crippen molar-refractivity contribution in [1.29, 1.82) is 0 Å². The highest BCUT2D eigenvalue weighted by Crippen LogP contribution is 2.48. The lowest BCUT2D eigenvalue weighted by Gasteiger charge is -2.50. The summed E-state index contributed by atoms with van der Waals surface area (Å²) in [5, 5.41) is 3.90. The first-order chi connectivity index (χ1) is 18.6. The Labute approximate surface area is 217 Å². The predicted molar refractivity (Wildman–Crippen MR) is 139 cm³/mol. The van der Waals surface area contributed by atoms with Gasteiger partial charge in [0.1, 0.15) is 26.4 Å². The summed E-state index contributed by atoms with van der Waals surface area (Å²) >= 11 is 0. The molecule has 1 saturated heterocycles. The van der Waals surface area contributed by atoms with Crippen LogP contribution in [0.2, 0.25) is 0 Å². The number of hydrogen-bond acceptors (Lipinski definition) is 7. The molecular formula is C29H23N3O6.